The molecule has 0 saturated carbocycles. The van der Waals surface area contributed by atoms with Gasteiger partial charge in [0.1, 0.15) is 5.56 Å². The summed E-state index contributed by atoms with van der Waals surface area (Å²) < 4.78 is 1.51. The molecule has 1 aromatic rings. The number of primary amides is 1. The lowest BCUT2D eigenvalue weighted by atomic mass is 10.2. The van der Waals surface area contributed by atoms with Gasteiger partial charge < -0.3 is 10.8 Å². The Morgan fingerprint density at radius 1 is 1.53 bits per heavy atom. The van der Waals surface area contributed by atoms with Gasteiger partial charge in [0.25, 0.3) is 0 Å². The number of aromatic nitrogens is 2. The van der Waals surface area contributed by atoms with Crippen molar-refractivity contribution >= 4 is 11.9 Å². The van der Waals surface area contributed by atoms with Crippen molar-refractivity contribution in [1.29, 1.82) is 0 Å². The molecule has 0 spiro atoms. The van der Waals surface area contributed by atoms with E-state index in [9.17, 15) is 9.59 Å². The number of hydrogen-bond acceptors (Lipinski definition) is 4. The smallest absolute Gasteiger partial charge is 0.339 e. The number of carboxylic acids is 1. The number of nitrogens with two attached hydrogens (primary N) is 1. The summed E-state index contributed by atoms with van der Waals surface area (Å²) in [6, 6.07) is 0. The number of carboxylic acid groups (broad SMARTS) is 1. The van der Waals surface area contributed by atoms with Crippen LogP contribution in [-0.4, -0.2) is 44.8 Å². The van der Waals surface area contributed by atoms with Crippen molar-refractivity contribution in [1.82, 2.24) is 14.7 Å². The minimum absolute atomic E-state index is 0.0996. The first-order valence-electron chi connectivity index (χ1n) is 6.06. The Kier molecular flexibility index (Phi) is 5.05. The van der Waals surface area contributed by atoms with E-state index < -0.39 is 11.9 Å². The molecular weight excluding hydrogens is 248 g/mol. The van der Waals surface area contributed by atoms with Crippen molar-refractivity contribution in [2.45, 2.75) is 20.4 Å². The molecule has 0 aromatic carbocycles. The van der Waals surface area contributed by atoms with Gasteiger partial charge in [0, 0.05) is 20.1 Å². The maximum Gasteiger partial charge on any atom is 0.339 e. The number of aryl methyl sites for hydroxylation is 1. The van der Waals surface area contributed by atoms with Crippen LogP contribution in [0.4, 0.5) is 0 Å². The highest BCUT2D eigenvalue weighted by molar-refractivity contribution is 5.88. The molecule has 3 N–H and O–H groups in total. The summed E-state index contributed by atoms with van der Waals surface area (Å²) in [5.41, 5.74) is 5.93. The fourth-order valence-electron chi connectivity index (χ4n) is 1.96. The molecular formula is C12H20N4O3. The molecule has 1 rings (SSSR count). The third kappa shape index (κ3) is 4.36. The molecule has 19 heavy (non-hydrogen) atoms. The zero-order valence-electron chi connectivity index (χ0n) is 11.5. The van der Waals surface area contributed by atoms with Crippen molar-refractivity contribution in [3.05, 3.63) is 17.5 Å². The molecule has 1 heterocycles. The van der Waals surface area contributed by atoms with Gasteiger partial charge in [-0.05, 0) is 5.92 Å². The lowest BCUT2D eigenvalue weighted by molar-refractivity contribution is -0.119. The molecule has 0 atom stereocenters. The largest absolute Gasteiger partial charge is 0.478 e. The topological polar surface area (TPSA) is 101 Å². The van der Waals surface area contributed by atoms with Gasteiger partial charge >= 0.3 is 5.97 Å². The Balaban J connectivity index is 2.91. The molecule has 1 amide bonds. The van der Waals surface area contributed by atoms with E-state index in [2.05, 4.69) is 5.10 Å². The van der Waals surface area contributed by atoms with Crippen LogP contribution < -0.4 is 5.73 Å². The molecule has 106 valence electrons. The molecule has 0 bridgehead atoms. The molecule has 0 radical (unpaired) electrons. The predicted octanol–water partition coefficient (Wildman–Crippen LogP) is 0.0616. The predicted molar refractivity (Wildman–Crippen MR) is 69.5 cm³/mol. The molecule has 0 aliphatic rings. The van der Waals surface area contributed by atoms with Crippen LogP contribution in [0.5, 0.6) is 0 Å². The molecule has 1 aromatic heterocycles. The van der Waals surface area contributed by atoms with Gasteiger partial charge in [-0.2, -0.15) is 5.10 Å². The first kappa shape index (κ1) is 15.2. The van der Waals surface area contributed by atoms with Crippen molar-refractivity contribution in [3.63, 3.8) is 0 Å². The highest BCUT2D eigenvalue weighted by atomic mass is 16.4. The first-order chi connectivity index (χ1) is 8.81. The van der Waals surface area contributed by atoms with E-state index in [1.165, 1.54) is 10.9 Å². The second-order valence-electron chi connectivity index (χ2n) is 4.96. The minimum atomic E-state index is -1.02. The number of carbonyl (C=O) groups excluding carboxylic acids is 1. The van der Waals surface area contributed by atoms with Gasteiger partial charge in [-0.25, -0.2) is 4.79 Å². The van der Waals surface area contributed by atoms with Gasteiger partial charge in [-0.3, -0.25) is 14.4 Å². The summed E-state index contributed by atoms with van der Waals surface area (Å²) in [6.07, 6.45) is 1.31. The lowest BCUT2D eigenvalue weighted by Crippen LogP contribution is -2.36. The summed E-state index contributed by atoms with van der Waals surface area (Å²) >= 11 is 0. The molecule has 0 unspecified atom stereocenters. The maximum atomic E-state index is 11.1. The first-order valence-corrected chi connectivity index (χ1v) is 6.06. The summed E-state index contributed by atoms with van der Waals surface area (Å²) in [6.45, 7) is 5.14. The Labute approximate surface area is 112 Å². The number of amides is 1. The zero-order valence-corrected chi connectivity index (χ0v) is 11.5. The fraction of sp³-hybridized carbons (Fsp3) is 0.583. The molecule has 0 aliphatic carbocycles. The van der Waals surface area contributed by atoms with Crippen molar-refractivity contribution < 1.29 is 14.7 Å². The van der Waals surface area contributed by atoms with E-state index in [1.807, 2.05) is 18.7 Å². The van der Waals surface area contributed by atoms with Gasteiger partial charge in [0.05, 0.1) is 18.4 Å². The van der Waals surface area contributed by atoms with E-state index >= 15 is 0 Å². The third-order valence-electron chi connectivity index (χ3n) is 2.67. The van der Waals surface area contributed by atoms with Gasteiger partial charge in [-0.1, -0.05) is 13.8 Å². The van der Waals surface area contributed by atoms with Crippen LogP contribution in [0.3, 0.4) is 0 Å². The molecule has 7 nitrogen and oxygen atoms in total. The summed E-state index contributed by atoms with van der Waals surface area (Å²) in [5.74, 6) is -1.10. The van der Waals surface area contributed by atoms with Crippen molar-refractivity contribution in [3.8, 4) is 0 Å². The van der Waals surface area contributed by atoms with Gasteiger partial charge in [-0.15, -0.1) is 0 Å². The van der Waals surface area contributed by atoms with E-state index in [0.717, 1.165) is 0 Å². The van der Waals surface area contributed by atoms with Crippen LogP contribution in [0.2, 0.25) is 0 Å². The third-order valence-corrected chi connectivity index (χ3v) is 2.67. The Bertz CT molecular complexity index is 468. The van der Waals surface area contributed by atoms with E-state index in [1.54, 1.807) is 7.05 Å². The average Bonchev–Trinajstić information content (AvgIpc) is 2.58. The molecule has 0 aliphatic heterocycles. The van der Waals surface area contributed by atoms with E-state index in [-0.39, 0.29) is 12.1 Å². The highest BCUT2D eigenvalue weighted by Gasteiger charge is 2.19. The maximum absolute atomic E-state index is 11.1. The Hall–Kier alpha value is -1.89. The average molecular weight is 268 g/mol. The second kappa shape index (κ2) is 6.33. The summed E-state index contributed by atoms with van der Waals surface area (Å²) in [7, 11) is 1.68. The van der Waals surface area contributed by atoms with Crippen molar-refractivity contribution in [2.75, 3.05) is 13.1 Å². The van der Waals surface area contributed by atoms with Gasteiger partial charge in [0.2, 0.25) is 5.91 Å². The quantitative estimate of drug-likeness (QED) is 0.728. The number of aromatic carboxylic acids is 1. The fourth-order valence-corrected chi connectivity index (χ4v) is 1.96. The van der Waals surface area contributed by atoms with E-state index in [0.29, 0.717) is 24.7 Å². The number of carbonyl (C=O) groups is 2. The van der Waals surface area contributed by atoms with Crippen LogP contribution >= 0.6 is 0 Å². The standard InChI is InChI=1S/C12H20N4O3/c1-8(2)5-16(7-11(13)17)6-10-9(12(18)19)4-14-15(10)3/h4,8H,5-7H2,1-3H3,(H2,13,17)(H,18,19). The van der Waals surface area contributed by atoms with Crippen LogP contribution in [0.1, 0.15) is 29.9 Å². The van der Waals surface area contributed by atoms with Crippen LogP contribution in [0, 0.1) is 5.92 Å². The molecule has 7 heteroatoms. The number of rotatable bonds is 7. The number of nitrogens with zero attached hydrogens (tertiary/aromatic N) is 3. The number of hydrogen-bond donors (Lipinski definition) is 2. The van der Waals surface area contributed by atoms with Crippen LogP contribution in [0.25, 0.3) is 0 Å². The van der Waals surface area contributed by atoms with Crippen molar-refractivity contribution in [2.24, 2.45) is 18.7 Å². The van der Waals surface area contributed by atoms with Crippen LogP contribution in [0.15, 0.2) is 6.20 Å². The summed E-state index contributed by atoms with van der Waals surface area (Å²) in [5, 5.41) is 13.0. The SMILES string of the molecule is CC(C)CN(CC(N)=O)Cc1c(C(=O)O)cnn1C. The van der Waals surface area contributed by atoms with Gasteiger partial charge in [0.15, 0.2) is 0 Å². The zero-order chi connectivity index (χ0) is 14.6. The molecule has 0 saturated heterocycles. The second-order valence-corrected chi connectivity index (χ2v) is 4.96. The molecule has 0 fully saturated rings. The Morgan fingerprint density at radius 2 is 2.16 bits per heavy atom. The summed E-state index contributed by atoms with van der Waals surface area (Å²) in [4.78, 5) is 24.0. The highest BCUT2D eigenvalue weighted by Crippen LogP contribution is 2.12. The Morgan fingerprint density at radius 3 is 2.63 bits per heavy atom. The monoisotopic (exact) mass is 268 g/mol. The van der Waals surface area contributed by atoms with Crippen LogP contribution in [-0.2, 0) is 18.4 Å². The minimum Gasteiger partial charge on any atom is -0.478 e. The lowest BCUT2D eigenvalue weighted by Gasteiger charge is -2.23. The normalized spacial score (nSPS) is 11.2. The van der Waals surface area contributed by atoms with E-state index in [4.69, 9.17) is 10.8 Å².